The summed E-state index contributed by atoms with van der Waals surface area (Å²) in [6.07, 6.45) is 3.87. The summed E-state index contributed by atoms with van der Waals surface area (Å²) in [5.74, 6) is 0.353. The van der Waals surface area contributed by atoms with Gasteiger partial charge < -0.3 is 15.7 Å². The number of benzene rings is 1. The molecule has 0 saturated carbocycles. The van der Waals surface area contributed by atoms with Crippen LogP contribution in [0.4, 0.5) is 20.7 Å². The first kappa shape index (κ1) is 23.6. The Morgan fingerprint density at radius 3 is 2.78 bits per heavy atom. The van der Waals surface area contributed by atoms with E-state index in [1.54, 1.807) is 16.6 Å². The number of tetrazole rings is 1. The van der Waals surface area contributed by atoms with Crippen molar-refractivity contribution in [1.29, 1.82) is 0 Å². The van der Waals surface area contributed by atoms with Crippen molar-refractivity contribution in [2.45, 2.75) is 45.3 Å². The molecule has 0 unspecified atom stereocenters. The third-order valence-corrected chi connectivity index (χ3v) is 6.21. The summed E-state index contributed by atoms with van der Waals surface area (Å²) in [6.45, 7) is 6.08. The molecule has 0 bridgehead atoms. The Hall–Kier alpha value is -4.13. The van der Waals surface area contributed by atoms with Gasteiger partial charge in [0.25, 0.3) is 0 Å². The molecule has 5 rings (SSSR count). The summed E-state index contributed by atoms with van der Waals surface area (Å²) in [4.78, 5) is 19.1. The van der Waals surface area contributed by atoms with E-state index in [1.807, 2.05) is 26.1 Å². The molecule has 4 aromatic rings. The second-order valence-electron chi connectivity index (χ2n) is 9.09. The van der Waals surface area contributed by atoms with Crippen molar-refractivity contribution in [1.82, 2.24) is 45.0 Å². The minimum absolute atomic E-state index is 0.0110. The van der Waals surface area contributed by atoms with Crippen LogP contribution in [0.1, 0.15) is 38.3 Å². The van der Waals surface area contributed by atoms with Gasteiger partial charge in [-0.15, -0.1) is 10.2 Å². The molecule has 4 heterocycles. The predicted octanol–water partition coefficient (Wildman–Crippen LogP) is 3.08. The summed E-state index contributed by atoms with van der Waals surface area (Å²) in [6, 6.07) is 6.62. The molecule has 3 N–H and O–H groups in total. The zero-order valence-electron chi connectivity index (χ0n) is 20.0. The minimum atomic E-state index is -0.982. The number of carboxylic acid groups (broad SMARTS) is 1. The molecule has 13 heteroatoms. The molecular weight excluding hydrogens is 467 g/mol. The number of aromatic nitrogens is 7. The highest BCUT2D eigenvalue weighted by Crippen LogP contribution is 2.28. The van der Waals surface area contributed by atoms with E-state index >= 15 is 0 Å². The van der Waals surface area contributed by atoms with Crippen molar-refractivity contribution in [2.75, 3.05) is 18.4 Å². The van der Waals surface area contributed by atoms with Crippen LogP contribution in [0.25, 0.3) is 16.9 Å². The number of fused-ring (bicyclic) bond motifs is 1. The number of halogens is 1. The van der Waals surface area contributed by atoms with Gasteiger partial charge in [-0.1, -0.05) is 0 Å². The lowest BCUT2D eigenvalue weighted by atomic mass is 10.0. The number of nitrogens with zero attached hydrogens (tertiary/aromatic N) is 8. The number of hydrogen-bond acceptors (Lipinski definition) is 8. The zero-order chi connectivity index (χ0) is 25.2. The molecular formula is C23H27FN10O2. The quantitative estimate of drug-likeness (QED) is 0.354. The summed E-state index contributed by atoms with van der Waals surface area (Å²) in [7, 11) is 0. The molecule has 1 fully saturated rings. The molecule has 0 spiro atoms. The third kappa shape index (κ3) is 4.96. The largest absolute Gasteiger partial charge is 0.465 e. The fraction of sp³-hybridized carbons (Fsp3) is 0.391. The first-order chi connectivity index (χ1) is 17.4. The van der Waals surface area contributed by atoms with Gasteiger partial charge in [-0.2, -0.15) is 9.90 Å². The fourth-order valence-electron chi connectivity index (χ4n) is 4.35. The molecule has 1 aliphatic heterocycles. The maximum absolute atomic E-state index is 14.6. The van der Waals surface area contributed by atoms with Crippen LogP contribution in [-0.2, 0) is 6.54 Å². The maximum Gasteiger partial charge on any atom is 0.404 e. The molecule has 188 valence electrons. The Kier molecular flexibility index (Phi) is 6.46. The smallest absolute Gasteiger partial charge is 0.404 e. The topological polar surface area (TPSA) is 138 Å². The molecule has 1 aromatic carbocycles. The van der Waals surface area contributed by atoms with E-state index in [0.717, 1.165) is 37.0 Å². The summed E-state index contributed by atoms with van der Waals surface area (Å²) >= 11 is 0. The minimum Gasteiger partial charge on any atom is -0.465 e. The van der Waals surface area contributed by atoms with Crippen molar-refractivity contribution >= 4 is 23.1 Å². The van der Waals surface area contributed by atoms with Gasteiger partial charge in [0.1, 0.15) is 17.7 Å². The van der Waals surface area contributed by atoms with Crippen LogP contribution < -0.4 is 10.6 Å². The van der Waals surface area contributed by atoms with Gasteiger partial charge in [-0.25, -0.2) is 18.7 Å². The summed E-state index contributed by atoms with van der Waals surface area (Å²) in [5, 5.41) is 31.4. The Morgan fingerprint density at radius 1 is 1.25 bits per heavy atom. The molecule has 1 saturated heterocycles. The lowest BCUT2D eigenvalue weighted by Gasteiger charge is -2.31. The zero-order valence-corrected chi connectivity index (χ0v) is 20.0. The molecule has 12 nitrogen and oxygen atoms in total. The highest BCUT2D eigenvalue weighted by atomic mass is 19.1. The molecule has 0 atom stereocenters. The second-order valence-corrected chi connectivity index (χ2v) is 9.09. The molecule has 1 amide bonds. The van der Waals surface area contributed by atoms with Gasteiger partial charge in [0.05, 0.1) is 11.6 Å². The number of anilines is 2. The lowest BCUT2D eigenvalue weighted by Crippen LogP contribution is -2.43. The van der Waals surface area contributed by atoms with Crippen molar-refractivity contribution in [3.05, 3.63) is 48.2 Å². The number of rotatable bonds is 7. The van der Waals surface area contributed by atoms with Crippen molar-refractivity contribution < 1.29 is 14.3 Å². The monoisotopic (exact) mass is 494 g/mol. The molecule has 1 aliphatic rings. The van der Waals surface area contributed by atoms with Gasteiger partial charge in [0, 0.05) is 37.6 Å². The standard InChI is InChI=1S/C23H27FN10O2/c1-14(2)34-30-21(29-31-34)18-11-17(3-4-19(18)24)27-22-20-15(5-10-33(20)26-13-25-22)12-32-8-6-16(7-9-32)28-23(35)36/h3-5,10-11,13-14,16,28H,6-9,12H2,1-2H3,(H,35,36)(H,25,26,27). The van der Waals surface area contributed by atoms with Crippen LogP contribution in [0.15, 0.2) is 36.8 Å². The third-order valence-electron chi connectivity index (χ3n) is 6.21. The van der Waals surface area contributed by atoms with E-state index in [1.165, 1.54) is 17.2 Å². The second kappa shape index (κ2) is 9.85. The maximum atomic E-state index is 14.6. The van der Waals surface area contributed by atoms with E-state index in [9.17, 15) is 9.18 Å². The van der Waals surface area contributed by atoms with Gasteiger partial charge in [-0.3, -0.25) is 4.90 Å². The number of amides is 1. The fourth-order valence-corrected chi connectivity index (χ4v) is 4.35. The number of nitrogens with one attached hydrogen (secondary N) is 2. The highest BCUT2D eigenvalue weighted by molar-refractivity contribution is 5.77. The SMILES string of the molecule is CC(C)n1nnc(-c2cc(Nc3ncnn4ccc(CN5CCC(NC(=O)O)CC5)c34)ccc2F)n1. The van der Waals surface area contributed by atoms with E-state index in [0.29, 0.717) is 18.1 Å². The average molecular weight is 495 g/mol. The van der Waals surface area contributed by atoms with Crippen LogP contribution in [0, 0.1) is 5.82 Å². The molecule has 36 heavy (non-hydrogen) atoms. The van der Waals surface area contributed by atoms with E-state index in [2.05, 4.69) is 41.0 Å². The number of hydrogen-bond donors (Lipinski definition) is 3. The van der Waals surface area contributed by atoms with E-state index in [4.69, 9.17) is 5.11 Å². The van der Waals surface area contributed by atoms with Crippen molar-refractivity contribution in [3.63, 3.8) is 0 Å². The van der Waals surface area contributed by atoms with Crippen LogP contribution in [-0.4, -0.2) is 70.0 Å². The van der Waals surface area contributed by atoms with Crippen molar-refractivity contribution in [2.24, 2.45) is 0 Å². The average Bonchev–Trinajstić information content (AvgIpc) is 3.50. The van der Waals surface area contributed by atoms with Gasteiger partial charge >= 0.3 is 6.09 Å². The Bertz CT molecular complexity index is 1380. The van der Waals surface area contributed by atoms with E-state index < -0.39 is 11.9 Å². The van der Waals surface area contributed by atoms with Crippen LogP contribution in [0.5, 0.6) is 0 Å². The number of piperidine rings is 1. The Balaban J connectivity index is 1.37. The summed E-state index contributed by atoms with van der Waals surface area (Å²) in [5.41, 5.74) is 2.72. The van der Waals surface area contributed by atoms with Crippen LogP contribution >= 0.6 is 0 Å². The molecule has 0 aliphatic carbocycles. The Labute approximate surface area is 206 Å². The van der Waals surface area contributed by atoms with Gasteiger partial charge in [0.15, 0.2) is 5.82 Å². The first-order valence-corrected chi connectivity index (χ1v) is 11.8. The molecule has 3 aromatic heterocycles. The summed E-state index contributed by atoms with van der Waals surface area (Å²) < 4.78 is 16.4. The number of likely N-dealkylation sites (tertiary alicyclic amines) is 1. The molecule has 0 radical (unpaired) electrons. The Morgan fingerprint density at radius 2 is 2.06 bits per heavy atom. The van der Waals surface area contributed by atoms with Gasteiger partial charge in [0.2, 0.25) is 5.82 Å². The van der Waals surface area contributed by atoms with Crippen molar-refractivity contribution in [3.8, 4) is 11.4 Å². The van der Waals surface area contributed by atoms with Gasteiger partial charge in [-0.05, 0) is 61.7 Å². The highest BCUT2D eigenvalue weighted by Gasteiger charge is 2.22. The lowest BCUT2D eigenvalue weighted by molar-refractivity contribution is 0.165. The number of carbonyl (C=O) groups is 1. The normalized spacial score (nSPS) is 15.0. The first-order valence-electron chi connectivity index (χ1n) is 11.8. The van der Waals surface area contributed by atoms with E-state index in [-0.39, 0.29) is 23.5 Å². The van der Waals surface area contributed by atoms with Crippen LogP contribution in [0.2, 0.25) is 0 Å². The predicted molar refractivity (Wildman–Crippen MR) is 129 cm³/mol. The van der Waals surface area contributed by atoms with Crippen LogP contribution in [0.3, 0.4) is 0 Å².